The van der Waals surface area contributed by atoms with Gasteiger partial charge < -0.3 is 38.0 Å². The van der Waals surface area contributed by atoms with E-state index < -0.39 is 105 Å². The summed E-state index contributed by atoms with van der Waals surface area (Å²) in [4.78, 5) is 60.4. The van der Waals surface area contributed by atoms with E-state index in [1.807, 2.05) is 0 Å². The molecule has 7 atom stereocenters. The first-order chi connectivity index (χ1) is 29.1. The van der Waals surface area contributed by atoms with E-state index >= 15 is 0 Å². The van der Waals surface area contributed by atoms with Gasteiger partial charge in [0, 0.05) is 60.5 Å². The molecule has 16 nitrogen and oxygen atoms in total. The van der Waals surface area contributed by atoms with E-state index in [9.17, 15) is 29.4 Å². The largest absolute Gasteiger partial charge is 0.414 e. The van der Waals surface area contributed by atoms with Crippen LogP contribution in [0, 0.1) is 5.41 Å². The fraction of sp³-hybridized carbons (Fsp3) is 0.864. The third-order valence-electron chi connectivity index (χ3n) is 13.9. The van der Waals surface area contributed by atoms with Crippen LogP contribution in [0.15, 0.2) is 15.8 Å². The molecule has 3 amide bonds. The van der Waals surface area contributed by atoms with E-state index in [1.54, 1.807) is 6.92 Å². The molecule has 3 saturated heterocycles. The molecule has 0 spiro atoms. The van der Waals surface area contributed by atoms with Gasteiger partial charge in [-0.15, -0.1) is 0 Å². The van der Waals surface area contributed by atoms with Crippen molar-refractivity contribution < 1.29 is 47.6 Å². The predicted molar refractivity (Wildman–Crippen MR) is 259 cm³/mol. The number of aliphatic hydroxyl groups excluding tert-OH is 2. The monoisotopic (exact) mass is 973 g/mol. The third-order valence-corrected chi connectivity index (χ3v) is 26.3. The van der Waals surface area contributed by atoms with Crippen molar-refractivity contribution in [2.24, 2.45) is 5.41 Å². The molecule has 0 saturated carbocycles. The molecule has 2 N–H and O–H groups in total. The SMILES string of the molecule is CC(C)(C)[Si](C)(C)OC[C@H]1O[C@@H](n2cc(C[C@@]3(C)CN([C@H]4C[C@H](O)[C@@H](CO)O4)C(=O)N(COCC[Si](C)(C)C)C3=O)c(=O)n(COCC[Si](C)(C)C)c2=O)C[C@@H]1O[Si](C)(C)C(C)(C)C. The minimum atomic E-state index is -2.35. The van der Waals surface area contributed by atoms with Crippen LogP contribution >= 0.6 is 0 Å². The predicted octanol–water partition coefficient (Wildman–Crippen LogP) is 6.62. The Morgan fingerprint density at radius 3 is 1.84 bits per heavy atom. The summed E-state index contributed by atoms with van der Waals surface area (Å²) in [5.41, 5.74) is -2.47. The number of rotatable bonds is 20. The molecular formula is C44H84N4O12Si4. The Hall–Kier alpha value is -1.83. The quantitative estimate of drug-likeness (QED) is 0.106. The fourth-order valence-electron chi connectivity index (χ4n) is 7.44. The van der Waals surface area contributed by atoms with Crippen LogP contribution in [-0.2, 0) is 45.7 Å². The summed E-state index contributed by atoms with van der Waals surface area (Å²) in [7, 11) is -7.60. The second kappa shape index (κ2) is 20.4. The Bertz CT molecular complexity index is 1900. The lowest BCUT2D eigenvalue weighted by Gasteiger charge is -2.45. The Kier molecular flexibility index (Phi) is 17.5. The number of ether oxygens (including phenoxy) is 4. The van der Waals surface area contributed by atoms with Crippen molar-refractivity contribution in [3.05, 3.63) is 32.6 Å². The lowest BCUT2D eigenvalue weighted by molar-refractivity contribution is -0.154. The molecule has 20 heteroatoms. The highest BCUT2D eigenvalue weighted by atomic mass is 28.4. The maximum atomic E-state index is 14.7. The van der Waals surface area contributed by atoms with Crippen LogP contribution in [0.3, 0.4) is 0 Å². The maximum Gasteiger partial charge on any atom is 0.335 e. The Morgan fingerprint density at radius 1 is 0.781 bits per heavy atom. The minimum absolute atomic E-state index is 0.0233. The number of carbonyl (C=O) groups excluding carboxylic acids is 2. The summed E-state index contributed by atoms with van der Waals surface area (Å²) in [6.07, 6.45) is -2.96. The first-order valence-corrected chi connectivity index (χ1v) is 36.4. The zero-order valence-corrected chi connectivity index (χ0v) is 46.3. The third kappa shape index (κ3) is 13.4. The molecule has 0 aliphatic carbocycles. The van der Waals surface area contributed by atoms with Gasteiger partial charge in [0.05, 0.1) is 30.8 Å². The number of aromatic nitrogens is 2. The van der Waals surface area contributed by atoms with E-state index in [1.165, 1.54) is 15.7 Å². The van der Waals surface area contributed by atoms with E-state index in [4.69, 9.17) is 27.8 Å². The summed E-state index contributed by atoms with van der Waals surface area (Å²) in [6, 6.07) is 0.989. The van der Waals surface area contributed by atoms with Gasteiger partial charge in [0.1, 0.15) is 38.1 Å². The van der Waals surface area contributed by atoms with Crippen molar-refractivity contribution in [3.8, 4) is 0 Å². The molecule has 64 heavy (non-hydrogen) atoms. The number of carbonyl (C=O) groups is 2. The summed E-state index contributed by atoms with van der Waals surface area (Å²) >= 11 is 0. The van der Waals surface area contributed by atoms with E-state index in [0.717, 1.165) is 21.6 Å². The number of imide groups is 1. The van der Waals surface area contributed by atoms with Gasteiger partial charge in [-0.05, 0) is 61.7 Å². The van der Waals surface area contributed by atoms with E-state index in [-0.39, 0.29) is 55.1 Å². The average Bonchev–Trinajstić information content (AvgIpc) is 3.72. The normalized spacial score (nSPS) is 26.7. The van der Waals surface area contributed by atoms with Crippen molar-refractivity contribution in [3.63, 3.8) is 0 Å². The highest BCUT2D eigenvalue weighted by Crippen LogP contribution is 2.43. The molecule has 1 aromatic heterocycles. The zero-order chi connectivity index (χ0) is 48.6. The zero-order valence-electron chi connectivity index (χ0n) is 42.3. The minimum Gasteiger partial charge on any atom is -0.414 e. The number of hydrogen-bond acceptors (Lipinski definition) is 12. The lowest BCUT2D eigenvalue weighted by atomic mass is 9.80. The van der Waals surface area contributed by atoms with Crippen LogP contribution in [0.5, 0.6) is 0 Å². The molecule has 0 bridgehead atoms. The Morgan fingerprint density at radius 2 is 1.33 bits per heavy atom. The molecule has 368 valence electrons. The van der Waals surface area contributed by atoms with Gasteiger partial charge in [-0.3, -0.25) is 19.1 Å². The number of hydrogen-bond donors (Lipinski definition) is 2. The van der Waals surface area contributed by atoms with Crippen LogP contribution in [0.25, 0.3) is 0 Å². The van der Waals surface area contributed by atoms with Crippen LogP contribution in [0.1, 0.15) is 73.1 Å². The first-order valence-electron chi connectivity index (χ1n) is 23.2. The Labute approximate surface area is 386 Å². The maximum absolute atomic E-state index is 14.7. The summed E-state index contributed by atoms with van der Waals surface area (Å²) in [5, 5.41) is 20.4. The second-order valence-electron chi connectivity index (χ2n) is 24.1. The molecule has 3 aliphatic heterocycles. The summed E-state index contributed by atoms with van der Waals surface area (Å²) in [6.45, 7) is 36.6. The van der Waals surface area contributed by atoms with Crippen LogP contribution in [-0.4, -0.2) is 144 Å². The standard InChI is InChI=1S/C44H84N4O12Si4/c1-42(2,3)63(14,15)57-27-35-33(60-64(16,17)43(4,5)6)23-37(59-35)45-25-31(38(51)47(40(45)53)29-55-18-20-61(8,9)10)24-44(7)28-46(36-22-32(50)34(26-49)58-36)41(54)48(39(44)52)30-56-19-21-62(11,12)13/h25,32-37,49-50H,18-24,26-30H2,1-17H3/t32-,33-,34+,35+,36+,37+,44-/m0/s1. The molecule has 0 unspecified atom stereocenters. The summed E-state index contributed by atoms with van der Waals surface area (Å²) < 4.78 is 41.0. The van der Waals surface area contributed by atoms with Crippen LogP contribution in [0.2, 0.25) is 87.6 Å². The molecule has 1 aromatic rings. The first kappa shape index (κ1) is 54.8. The molecule has 4 heterocycles. The van der Waals surface area contributed by atoms with Gasteiger partial charge >= 0.3 is 11.7 Å². The number of amides is 3. The highest BCUT2D eigenvalue weighted by molar-refractivity contribution is 6.76. The van der Waals surface area contributed by atoms with Crippen molar-refractivity contribution in [2.45, 2.75) is 199 Å². The summed E-state index contributed by atoms with van der Waals surface area (Å²) in [5.74, 6) is -0.545. The van der Waals surface area contributed by atoms with Gasteiger partial charge in [-0.2, -0.15) is 0 Å². The van der Waals surface area contributed by atoms with Gasteiger partial charge in [0.2, 0.25) is 5.91 Å². The van der Waals surface area contributed by atoms with Gasteiger partial charge in [-0.1, -0.05) is 80.8 Å². The van der Waals surface area contributed by atoms with Gasteiger partial charge in [-0.25, -0.2) is 19.1 Å². The number of urea groups is 1. The number of nitrogens with zero attached hydrogens (tertiary/aromatic N) is 4. The Balaban J connectivity index is 1.80. The van der Waals surface area contributed by atoms with Crippen LogP contribution in [0.4, 0.5) is 4.79 Å². The van der Waals surface area contributed by atoms with Crippen molar-refractivity contribution in [2.75, 3.05) is 39.7 Å². The molecule has 3 aliphatic rings. The smallest absolute Gasteiger partial charge is 0.335 e. The molecule has 3 fully saturated rings. The molecule has 0 aromatic carbocycles. The van der Waals surface area contributed by atoms with Crippen molar-refractivity contribution in [1.29, 1.82) is 0 Å². The molecule has 4 rings (SSSR count). The molecular weight excluding hydrogens is 889 g/mol. The fourth-order valence-corrected chi connectivity index (χ4v) is 11.3. The van der Waals surface area contributed by atoms with Crippen molar-refractivity contribution >= 4 is 44.7 Å². The van der Waals surface area contributed by atoms with Gasteiger partial charge in [0.25, 0.3) is 5.56 Å². The van der Waals surface area contributed by atoms with Gasteiger partial charge in [0.15, 0.2) is 16.6 Å². The lowest BCUT2D eigenvalue weighted by Crippen LogP contribution is -2.64. The molecule has 0 radical (unpaired) electrons. The van der Waals surface area contributed by atoms with E-state index in [2.05, 4.69) is 107 Å². The van der Waals surface area contributed by atoms with Crippen LogP contribution < -0.4 is 11.2 Å². The van der Waals surface area contributed by atoms with E-state index in [0.29, 0.717) is 19.6 Å². The number of aliphatic hydroxyl groups is 2. The highest BCUT2D eigenvalue weighted by Gasteiger charge is 2.53. The topological polar surface area (TPSA) is 180 Å². The van der Waals surface area contributed by atoms with Crippen molar-refractivity contribution in [1.82, 2.24) is 18.9 Å². The second-order valence-corrected chi connectivity index (χ2v) is 44.9. The average molecular weight is 974 g/mol.